The van der Waals surface area contributed by atoms with Crippen LogP contribution in [0.25, 0.3) is 0 Å². The summed E-state index contributed by atoms with van der Waals surface area (Å²) < 4.78 is 0. The number of rotatable bonds is 4. The van der Waals surface area contributed by atoms with E-state index in [1.54, 1.807) is 36.2 Å². The molecule has 2 rings (SSSR count). The number of aromatic nitrogens is 1. The van der Waals surface area contributed by atoms with Crippen LogP contribution in [0.2, 0.25) is 0 Å². The lowest BCUT2D eigenvalue weighted by atomic mass is 9.89. The normalized spacial score (nSPS) is 19.6. The molecule has 1 aromatic heterocycles. The number of likely N-dealkylation sites (tertiary alicyclic amines) is 1. The number of piperidine rings is 1. The van der Waals surface area contributed by atoms with Crippen molar-refractivity contribution in [2.24, 2.45) is 0 Å². The van der Waals surface area contributed by atoms with Crippen LogP contribution in [0.5, 0.6) is 0 Å². The topological polar surface area (TPSA) is 74.1 Å². The summed E-state index contributed by atoms with van der Waals surface area (Å²) in [7, 11) is 0. The molecule has 1 aliphatic heterocycles. The van der Waals surface area contributed by atoms with Crippen molar-refractivity contribution in [3.8, 4) is 6.07 Å². The molecule has 110 valence electrons. The third-order valence-corrected chi connectivity index (χ3v) is 3.85. The van der Waals surface area contributed by atoms with Crippen LogP contribution in [0.1, 0.15) is 44.2 Å². The molecule has 21 heavy (non-hydrogen) atoms. The number of pyridine rings is 1. The number of amides is 1. The second-order valence-electron chi connectivity index (χ2n) is 5.17. The molecule has 1 amide bonds. The lowest BCUT2D eigenvalue weighted by Gasteiger charge is -2.35. The van der Waals surface area contributed by atoms with Crippen molar-refractivity contribution >= 4 is 11.7 Å². The predicted octanol–water partition coefficient (Wildman–Crippen LogP) is 2.05. The van der Waals surface area contributed by atoms with E-state index in [1.807, 2.05) is 6.07 Å². The van der Waals surface area contributed by atoms with Crippen LogP contribution >= 0.6 is 0 Å². The van der Waals surface area contributed by atoms with Gasteiger partial charge in [-0.2, -0.15) is 5.26 Å². The van der Waals surface area contributed by atoms with Crippen LogP contribution < -0.4 is 0 Å². The lowest BCUT2D eigenvalue weighted by molar-refractivity contribution is -0.141. The van der Waals surface area contributed by atoms with E-state index in [2.05, 4.69) is 4.98 Å². The Hall–Kier alpha value is -2.22. The molecule has 0 N–H and O–H groups in total. The molecular weight excluding hydrogens is 266 g/mol. The highest BCUT2D eigenvalue weighted by Gasteiger charge is 2.36. The van der Waals surface area contributed by atoms with E-state index >= 15 is 0 Å². The molecule has 0 spiro atoms. The predicted molar refractivity (Wildman–Crippen MR) is 77.2 cm³/mol. The average molecular weight is 285 g/mol. The smallest absolute Gasteiger partial charge is 0.222 e. The van der Waals surface area contributed by atoms with E-state index in [1.165, 1.54) is 0 Å². The highest BCUT2D eigenvalue weighted by Crippen LogP contribution is 2.25. The van der Waals surface area contributed by atoms with Crippen LogP contribution in [-0.4, -0.2) is 34.2 Å². The number of hydrogen-bond acceptors (Lipinski definition) is 4. The molecule has 5 heteroatoms. The van der Waals surface area contributed by atoms with E-state index in [9.17, 15) is 14.9 Å². The molecular formula is C16H19N3O2. The van der Waals surface area contributed by atoms with E-state index in [-0.39, 0.29) is 11.7 Å². The van der Waals surface area contributed by atoms with Gasteiger partial charge in [0.15, 0.2) is 5.78 Å². The Morgan fingerprint density at radius 2 is 2.29 bits per heavy atom. The van der Waals surface area contributed by atoms with Gasteiger partial charge in [-0.15, -0.1) is 0 Å². The first kappa shape index (κ1) is 15.2. The van der Waals surface area contributed by atoms with Crippen molar-refractivity contribution in [3.05, 3.63) is 30.1 Å². The zero-order valence-electron chi connectivity index (χ0n) is 12.2. The van der Waals surface area contributed by atoms with E-state index in [0.29, 0.717) is 25.1 Å². The maximum absolute atomic E-state index is 12.7. The SMILES string of the molecule is CCC(=O)N1CCCC[C@@H]1C(=O)[C@H](C#N)c1ccccn1. The molecule has 1 fully saturated rings. The highest BCUT2D eigenvalue weighted by molar-refractivity contribution is 5.95. The fraction of sp³-hybridized carbons (Fsp3) is 0.500. The maximum atomic E-state index is 12.7. The number of carbonyl (C=O) groups excluding carboxylic acids is 2. The molecule has 1 aliphatic rings. The van der Waals surface area contributed by atoms with Gasteiger partial charge < -0.3 is 4.90 Å². The summed E-state index contributed by atoms with van der Waals surface area (Å²) in [6.45, 7) is 2.39. The summed E-state index contributed by atoms with van der Waals surface area (Å²) in [5.74, 6) is -1.13. The first-order valence-corrected chi connectivity index (χ1v) is 7.32. The molecule has 5 nitrogen and oxygen atoms in total. The van der Waals surface area contributed by atoms with Crippen molar-refractivity contribution in [2.75, 3.05) is 6.54 Å². The molecule has 1 saturated heterocycles. The molecule has 0 aliphatic carbocycles. The molecule has 2 heterocycles. The van der Waals surface area contributed by atoms with Crippen LogP contribution in [0.15, 0.2) is 24.4 Å². The van der Waals surface area contributed by atoms with Gasteiger partial charge in [0.25, 0.3) is 0 Å². The molecule has 0 saturated carbocycles. The number of nitrogens with zero attached hydrogens (tertiary/aromatic N) is 3. The first-order chi connectivity index (χ1) is 10.2. The summed E-state index contributed by atoms with van der Waals surface area (Å²) in [5, 5.41) is 9.35. The van der Waals surface area contributed by atoms with Gasteiger partial charge in [0, 0.05) is 19.2 Å². The minimum atomic E-state index is -0.901. The average Bonchev–Trinajstić information content (AvgIpc) is 2.55. The second kappa shape index (κ2) is 6.98. The Kier molecular flexibility index (Phi) is 5.04. The number of nitriles is 1. The van der Waals surface area contributed by atoms with Crippen molar-refractivity contribution in [3.63, 3.8) is 0 Å². The largest absolute Gasteiger partial charge is 0.333 e. The fourth-order valence-corrected chi connectivity index (χ4v) is 2.74. The Balaban J connectivity index is 2.23. The highest BCUT2D eigenvalue weighted by atomic mass is 16.2. The zero-order chi connectivity index (χ0) is 15.2. The number of ketones is 1. The van der Waals surface area contributed by atoms with Crippen LogP contribution in [0.3, 0.4) is 0 Å². The summed E-state index contributed by atoms with van der Waals surface area (Å²) in [4.78, 5) is 30.5. The molecule has 0 unspecified atom stereocenters. The van der Waals surface area contributed by atoms with Crippen molar-refractivity contribution in [2.45, 2.75) is 44.6 Å². The summed E-state index contributed by atoms with van der Waals surface area (Å²) >= 11 is 0. The van der Waals surface area contributed by atoms with Gasteiger partial charge in [0.2, 0.25) is 5.91 Å². The number of hydrogen-bond donors (Lipinski definition) is 0. The number of Topliss-reactive ketones (excluding diaryl/α,β-unsaturated/α-hetero) is 1. The molecule has 1 aromatic rings. The van der Waals surface area contributed by atoms with E-state index in [0.717, 1.165) is 12.8 Å². The standard InChI is InChI=1S/C16H19N3O2/c1-2-15(20)19-10-6-4-8-14(19)16(21)12(11-17)13-7-3-5-9-18-13/h3,5,7,9,12,14H,2,4,6,8,10H2,1H3/t12-,14-/m1/s1. The number of carbonyl (C=O) groups is 2. The minimum Gasteiger partial charge on any atom is -0.333 e. The van der Waals surface area contributed by atoms with Gasteiger partial charge in [-0.3, -0.25) is 14.6 Å². The van der Waals surface area contributed by atoms with Gasteiger partial charge in [0.05, 0.1) is 17.8 Å². The molecule has 0 bridgehead atoms. The van der Waals surface area contributed by atoms with Crippen LogP contribution in [0, 0.1) is 11.3 Å². The second-order valence-corrected chi connectivity index (χ2v) is 5.17. The van der Waals surface area contributed by atoms with Crippen molar-refractivity contribution in [1.29, 1.82) is 5.26 Å². The van der Waals surface area contributed by atoms with Gasteiger partial charge in [0.1, 0.15) is 5.92 Å². The van der Waals surface area contributed by atoms with Crippen LogP contribution in [0.4, 0.5) is 0 Å². The monoisotopic (exact) mass is 285 g/mol. The summed E-state index contributed by atoms with van der Waals surface area (Å²) in [5.41, 5.74) is 0.458. The third kappa shape index (κ3) is 3.27. The fourth-order valence-electron chi connectivity index (χ4n) is 2.74. The Morgan fingerprint density at radius 1 is 1.48 bits per heavy atom. The Bertz CT molecular complexity index is 550. The maximum Gasteiger partial charge on any atom is 0.222 e. The Morgan fingerprint density at radius 3 is 2.90 bits per heavy atom. The quantitative estimate of drug-likeness (QED) is 0.848. The van der Waals surface area contributed by atoms with Gasteiger partial charge in [-0.25, -0.2) is 0 Å². The van der Waals surface area contributed by atoms with Gasteiger partial charge >= 0.3 is 0 Å². The molecule has 0 aromatic carbocycles. The van der Waals surface area contributed by atoms with Crippen LogP contribution in [-0.2, 0) is 9.59 Å². The van der Waals surface area contributed by atoms with Gasteiger partial charge in [-0.05, 0) is 31.4 Å². The molecule has 0 radical (unpaired) electrons. The van der Waals surface area contributed by atoms with E-state index in [4.69, 9.17) is 0 Å². The Labute approximate surface area is 124 Å². The van der Waals surface area contributed by atoms with Crippen molar-refractivity contribution < 1.29 is 9.59 Å². The van der Waals surface area contributed by atoms with E-state index < -0.39 is 12.0 Å². The third-order valence-electron chi connectivity index (χ3n) is 3.85. The zero-order valence-corrected chi connectivity index (χ0v) is 12.2. The van der Waals surface area contributed by atoms with Gasteiger partial charge in [-0.1, -0.05) is 13.0 Å². The summed E-state index contributed by atoms with van der Waals surface area (Å²) in [6, 6.07) is 6.74. The first-order valence-electron chi connectivity index (χ1n) is 7.32. The van der Waals surface area contributed by atoms with Crippen molar-refractivity contribution in [1.82, 2.24) is 9.88 Å². The molecule has 2 atom stereocenters. The minimum absolute atomic E-state index is 0.0224. The summed E-state index contributed by atoms with van der Waals surface area (Å²) in [6.07, 6.45) is 4.41. The lowest BCUT2D eigenvalue weighted by Crippen LogP contribution is -2.49.